The maximum Gasteiger partial charge on any atom is 0.319 e. The van der Waals surface area contributed by atoms with Gasteiger partial charge < -0.3 is 40.0 Å². The number of anilines is 1. The molecular formula is C58H68F2N10O6. The number of fused-ring (bicyclic) bond motifs is 4. The number of piperazine rings is 1. The Morgan fingerprint density at radius 1 is 0.934 bits per heavy atom. The zero-order valence-electron chi connectivity index (χ0n) is 43.4. The molecular weight excluding hydrogens is 971 g/mol. The summed E-state index contributed by atoms with van der Waals surface area (Å²) in [5.41, 5.74) is 1.81. The van der Waals surface area contributed by atoms with E-state index < -0.39 is 29.5 Å². The molecule has 76 heavy (non-hydrogen) atoms. The summed E-state index contributed by atoms with van der Waals surface area (Å²) >= 11 is 0. The van der Waals surface area contributed by atoms with Crippen molar-refractivity contribution in [3.63, 3.8) is 0 Å². The van der Waals surface area contributed by atoms with E-state index in [0.717, 1.165) is 101 Å². The number of allylic oxidation sites excluding steroid dienone is 1. The van der Waals surface area contributed by atoms with Crippen LogP contribution < -0.4 is 20.3 Å². The van der Waals surface area contributed by atoms with Gasteiger partial charge in [0.15, 0.2) is 5.82 Å². The summed E-state index contributed by atoms with van der Waals surface area (Å²) in [6.45, 7) is 9.34. The van der Waals surface area contributed by atoms with E-state index >= 15 is 8.78 Å². The first-order valence-corrected chi connectivity index (χ1v) is 27.6. The van der Waals surface area contributed by atoms with E-state index in [9.17, 15) is 24.3 Å². The molecule has 1 aliphatic carbocycles. The molecule has 3 amide bonds. The van der Waals surface area contributed by atoms with Crippen molar-refractivity contribution in [1.29, 1.82) is 0 Å². The van der Waals surface area contributed by atoms with Crippen molar-refractivity contribution in [2.75, 3.05) is 84.0 Å². The number of hydrogen-bond donors (Lipinski definition) is 3. The van der Waals surface area contributed by atoms with Gasteiger partial charge >= 0.3 is 6.01 Å². The number of aromatic nitrogens is 3. The molecule has 16 nitrogen and oxygen atoms in total. The number of rotatable bonds is 16. The fraction of sp³-hybridized carbons (Fsp3) is 0.534. The highest BCUT2D eigenvalue weighted by Crippen LogP contribution is 2.41. The number of nitrogens with zero attached hydrogens (tertiary/aromatic N) is 8. The third kappa shape index (κ3) is 10.4. The van der Waals surface area contributed by atoms with E-state index in [2.05, 4.69) is 52.2 Å². The largest absolute Gasteiger partial charge is 0.508 e. The summed E-state index contributed by atoms with van der Waals surface area (Å²) in [7, 11) is 1.52. The first-order chi connectivity index (χ1) is 37.0. The Kier molecular flexibility index (Phi) is 15.1. The number of ether oxygens (including phenoxy) is 1. The molecule has 0 radical (unpaired) electrons. The Labute approximate surface area is 442 Å². The molecule has 3 unspecified atom stereocenters. The number of aromatic hydroxyl groups is 1. The van der Waals surface area contributed by atoms with Gasteiger partial charge in [0.25, 0.3) is 11.8 Å². The lowest BCUT2D eigenvalue weighted by Gasteiger charge is -2.40. The number of halogens is 2. The number of pyridine rings is 1. The van der Waals surface area contributed by atoms with Gasteiger partial charge in [0.2, 0.25) is 5.91 Å². The molecule has 0 saturated carbocycles. The average molecular weight is 1040 g/mol. The van der Waals surface area contributed by atoms with Crippen LogP contribution in [0.4, 0.5) is 14.6 Å². The Morgan fingerprint density at radius 2 is 1.64 bits per heavy atom. The zero-order chi connectivity index (χ0) is 52.6. The smallest absolute Gasteiger partial charge is 0.319 e. The Bertz CT molecular complexity index is 3020. The number of nitrogens with one attached hydrogen (secondary N) is 2. The molecule has 2 bridgehead atoms. The van der Waals surface area contributed by atoms with Crippen molar-refractivity contribution in [2.45, 2.75) is 102 Å². The minimum atomic E-state index is -0.966. The number of hydrogen-bond acceptors (Lipinski definition) is 14. The van der Waals surface area contributed by atoms with Crippen LogP contribution in [0.3, 0.4) is 0 Å². The highest BCUT2D eigenvalue weighted by molar-refractivity contribution is 6.22. The first-order valence-electron chi connectivity index (χ1n) is 27.6. The van der Waals surface area contributed by atoms with Gasteiger partial charge in [-0.15, -0.1) is 6.42 Å². The first kappa shape index (κ1) is 51.6. The summed E-state index contributed by atoms with van der Waals surface area (Å²) in [5, 5.41) is 18.1. The molecule has 7 aliphatic rings. The number of amides is 3. The minimum absolute atomic E-state index is 0.0321. The van der Waals surface area contributed by atoms with Gasteiger partial charge in [-0.1, -0.05) is 18.1 Å². The van der Waals surface area contributed by atoms with E-state index in [4.69, 9.17) is 16.1 Å². The maximum absolute atomic E-state index is 17.0. The summed E-state index contributed by atoms with van der Waals surface area (Å²) in [6, 6.07) is 5.26. The van der Waals surface area contributed by atoms with Gasteiger partial charge in [-0.25, -0.2) is 8.78 Å². The maximum atomic E-state index is 17.0. The number of aldehydes is 1. The quantitative estimate of drug-likeness (QED) is 0.0668. The molecule has 5 fully saturated rings. The highest BCUT2D eigenvalue weighted by atomic mass is 19.1. The van der Waals surface area contributed by atoms with Crippen molar-refractivity contribution in [3.8, 4) is 35.4 Å². The molecule has 2 aromatic heterocycles. The number of phenolic OH excluding ortho intramolecular Hbond substituents is 1. The molecule has 11 rings (SSSR count). The van der Waals surface area contributed by atoms with Crippen LogP contribution in [0.5, 0.6) is 11.8 Å². The summed E-state index contributed by atoms with van der Waals surface area (Å²) in [4.78, 5) is 75.9. The summed E-state index contributed by atoms with van der Waals surface area (Å²) in [6.07, 6.45) is 21.4. The number of likely N-dealkylation sites (tertiary alicyclic amines) is 3. The number of carbonyl (C=O) groups is 4. The van der Waals surface area contributed by atoms with Crippen LogP contribution in [0.2, 0.25) is 0 Å². The second-order valence-electron chi connectivity index (χ2n) is 22.1. The third-order valence-corrected chi connectivity index (χ3v) is 17.4. The van der Waals surface area contributed by atoms with Crippen LogP contribution in [0.15, 0.2) is 53.4 Å². The van der Waals surface area contributed by atoms with Crippen molar-refractivity contribution in [3.05, 3.63) is 70.6 Å². The molecule has 0 spiro atoms. The molecule has 5 saturated heterocycles. The molecule has 3 atom stereocenters. The lowest BCUT2D eigenvalue weighted by atomic mass is 9.82. The molecule has 2 aromatic carbocycles. The number of piperidine rings is 3. The third-order valence-electron chi connectivity index (χ3n) is 17.4. The normalized spacial score (nSPS) is 22.6. The second-order valence-corrected chi connectivity index (χ2v) is 22.1. The van der Waals surface area contributed by atoms with Crippen LogP contribution in [-0.2, 0) is 19.2 Å². The Hall–Kier alpha value is -6.55. The number of terminal acetylenes is 1. The molecule has 400 valence electrons. The predicted molar refractivity (Wildman–Crippen MR) is 284 cm³/mol. The second kappa shape index (κ2) is 22.2. The topological polar surface area (TPSA) is 177 Å². The number of carbonyl (C=O) groups excluding carboxylic acids is 4. The van der Waals surface area contributed by atoms with Crippen molar-refractivity contribution < 1.29 is 37.8 Å². The molecule has 8 heterocycles. The molecule has 4 aromatic rings. The Balaban J connectivity index is 0.655. The van der Waals surface area contributed by atoms with E-state index in [0.29, 0.717) is 97.0 Å². The average Bonchev–Trinajstić information content (AvgIpc) is 3.91. The van der Waals surface area contributed by atoms with E-state index in [1.165, 1.54) is 50.6 Å². The monoisotopic (exact) mass is 1040 g/mol. The van der Waals surface area contributed by atoms with E-state index in [1.54, 1.807) is 6.20 Å². The summed E-state index contributed by atoms with van der Waals surface area (Å²) < 4.78 is 38.4. The van der Waals surface area contributed by atoms with Gasteiger partial charge in [0.1, 0.15) is 41.5 Å². The minimum Gasteiger partial charge on any atom is -0.508 e. The predicted octanol–water partition coefficient (Wildman–Crippen LogP) is 6.09. The lowest BCUT2D eigenvalue weighted by molar-refractivity contribution is -0.143. The van der Waals surface area contributed by atoms with Crippen LogP contribution >= 0.6 is 0 Å². The van der Waals surface area contributed by atoms with E-state index in [-0.39, 0.29) is 58.2 Å². The highest BCUT2D eigenvalue weighted by Gasteiger charge is 2.45. The van der Waals surface area contributed by atoms with Gasteiger partial charge in [0, 0.05) is 93.2 Å². The number of phenols is 1. The fourth-order valence-corrected chi connectivity index (χ4v) is 13.3. The van der Waals surface area contributed by atoms with Gasteiger partial charge in [-0.2, -0.15) is 9.97 Å². The van der Waals surface area contributed by atoms with Crippen LogP contribution in [0.25, 0.3) is 32.9 Å². The van der Waals surface area contributed by atoms with Crippen LogP contribution in [0.1, 0.15) is 89.0 Å². The fourth-order valence-electron chi connectivity index (χ4n) is 13.3. The number of benzene rings is 2. The summed E-state index contributed by atoms with van der Waals surface area (Å²) in [5.74, 6) is 2.39. The Morgan fingerprint density at radius 3 is 2.34 bits per heavy atom. The molecule has 3 N–H and O–H groups in total. The van der Waals surface area contributed by atoms with Crippen LogP contribution in [0, 0.1) is 41.7 Å². The molecule has 18 heteroatoms. The zero-order valence-corrected chi connectivity index (χ0v) is 43.4. The number of imide groups is 1. The molecule has 6 aliphatic heterocycles. The lowest BCUT2D eigenvalue weighted by Crippen LogP contribution is -2.51. The van der Waals surface area contributed by atoms with Crippen LogP contribution in [-0.4, -0.2) is 161 Å². The van der Waals surface area contributed by atoms with Crippen molar-refractivity contribution in [2.24, 2.45) is 17.8 Å². The SMILES string of the molecule is C#Cc1c(F)ccc2cc(O)cc(-c3ncc4c(N5CC6CCC(C5)N6)nc(OCCN5CCC(CC6CCN(CC7CCN(C8=CCCC9=C8C(=O)N(C(C=O)CCC(=O)NC)C9=O)CC7)CC6)CC5)nc4c3F)c12. The van der Waals surface area contributed by atoms with Crippen molar-refractivity contribution in [1.82, 2.24) is 45.2 Å². The van der Waals surface area contributed by atoms with Gasteiger partial charge in [0.05, 0.1) is 22.6 Å². The van der Waals surface area contributed by atoms with Crippen molar-refractivity contribution >= 4 is 51.5 Å². The van der Waals surface area contributed by atoms with Gasteiger partial charge in [-0.3, -0.25) is 29.2 Å². The van der Waals surface area contributed by atoms with E-state index in [1.807, 2.05) is 0 Å². The standard InChI is InChI=1S/C58H68F2N10O6/c1-3-43-47(59)11-7-38-28-42(72)29-45(50(38)43)53-52(60)54-46(30-62-53)55(69-32-39-8-9-40(33-69)63-39)65-58(64-54)76-26-25-66-19-13-35(14-20-66)27-36-15-21-67(22-16-36)31-37-17-23-68(24-18-37)48-6-4-5-44-51(48)57(75)70(56(44)74)41(34-71)10-12-49(73)61-2/h1,6-7,11,28-30,34-37,39-41,63,72H,4-5,8-10,12-27,31-33H2,2H3,(H,61,73). The van der Waals surface area contributed by atoms with Gasteiger partial charge in [-0.05, 0) is 145 Å².